The molecule has 1 fully saturated rings. The van der Waals surface area contributed by atoms with Crippen molar-refractivity contribution in [3.63, 3.8) is 0 Å². The van der Waals surface area contributed by atoms with Crippen LogP contribution in [0.15, 0.2) is 30.3 Å². The molecule has 6 heteroatoms. The van der Waals surface area contributed by atoms with Crippen LogP contribution in [0.5, 0.6) is 0 Å². The van der Waals surface area contributed by atoms with Crippen LogP contribution in [0.2, 0.25) is 0 Å². The second kappa shape index (κ2) is 8.36. The van der Waals surface area contributed by atoms with E-state index in [0.717, 1.165) is 19.3 Å². The van der Waals surface area contributed by atoms with Gasteiger partial charge in [-0.25, -0.2) is 14.5 Å². The number of amides is 3. The summed E-state index contributed by atoms with van der Waals surface area (Å²) in [5.74, 6) is 0. The number of nitrogens with zero attached hydrogens (tertiary/aromatic N) is 1. The van der Waals surface area contributed by atoms with E-state index >= 15 is 0 Å². The first-order valence-corrected chi connectivity index (χ1v) is 9.04. The molecular formula is C16H21IN2O3. The molecule has 120 valence electrons. The molecule has 1 aromatic rings. The Labute approximate surface area is 144 Å². The van der Waals surface area contributed by atoms with E-state index in [2.05, 4.69) is 40.0 Å². The Balaban J connectivity index is 1.95. The molecule has 3 amide bonds. The molecule has 5 nitrogen and oxygen atoms in total. The number of aryl methyl sites for hydroxylation is 1. The van der Waals surface area contributed by atoms with Gasteiger partial charge in [0.2, 0.25) is 0 Å². The molecule has 1 heterocycles. The van der Waals surface area contributed by atoms with E-state index in [0.29, 0.717) is 4.43 Å². The second-order valence-corrected chi connectivity index (χ2v) is 6.16. The lowest BCUT2D eigenvalue weighted by Gasteiger charge is -2.37. The fourth-order valence-electron chi connectivity index (χ4n) is 2.64. The van der Waals surface area contributed by atoms with Crippen molar-refractivity contribution in [2.45, 2.75) is 38.3 Å². The van der Waals surface area contributed by atoms with Crippen molar-refractivity contribution < 1.29 is 14.3 Å². The van der Waals surface area contributed by atoms with E-state index in [1.165, 1.54) is 10.5 Å². The van der Waals surface area contributed by atoms with Gasteiger partial charge in [-0.05, 0) is 31.7 Å². The van der Waals surface area contributed by atoms with Crippen LogP contribution in [0.25, 0.3) is 0 Å². The van der Waals surface area contributed by atoms with E-state index in [1.54, 1.807) is 6.92 Å². The molecular weight excluding hydrogens is 395 g/mol. The van der Waals surface area contributed by atoms with Crippen LogP contribution < -0.4 is 5.32 Å². The molecule has 1 aromatic carbocycles. The van der Waals surface area contributed by atoms with Crippen LogP contribution in [-0.2, 0) is 11.2 Å². The van der Waals surface area contributed by atoms with Crippen molar-refractivity contribution in [3.8, 4) is 0 Å². The topological polar surface area (TPSA) is 58.6 Å². The van der Waals surface area contributed by atoms with Gasteiger partial charge in [0, 0.05) is 10.5 Å². The number of imide groups is 1. The van der Waals surface area contributed by atoms with E-state index in [1.807, 2.05) is 18.2 Å². The largest absolute Gasteiger partial charge is 0.449 e. The van der Waals surface area contributed by atoms with Crippen molar-refractivity contribution in [2.24, 2.45) is 0 Å². The number of carbonyl (C=O) groups is 2. The minimum atomic E-state index is -0.553. The van der Waals surface area contributed by atoms with Crippen LogP contribution in [-0.4, -0.2) is 40.1 Å². The number of carbonyl (C=O) groups excluding carboxylic acids is 2. The number of rotatable bonds is 5. The van der Waals surface area contributed by atoms with Gasteiger partial charge < -0.3 is 10.1 Å². The maximum Gasteiger partial charge on any atom is 0.418 e. The molecule has 0 aliphatic carbocycles. The highest BCUT2D eigenvalue weighted by Crippen LogP contribution is 2.20. The highest BCUT2D eigenvalue weighted by molar-refractivity contribution is 14.1. The SMILES string of the molecule is CCOC(=O)N1C(=O)N[C@H](CCc2ccccc2)C[C@@H]1CI. The summed E-state index contributed by atoms with van der Waals surface area (Å²) in [6.07, 6.45) is 2.00. The van der Waals surface area contributed by atoms with E-state index in [4.69, 9.17) is 4.74 Å². The first kappa shape index (κ1) is 17.1. The maximum atomic E-state index is 12.2. The van der Waals surface area contributed by atoms with Crippen LogP contribution in [0.3, 0.4) is 0 Å². The highest BCUT2D eigenvalue weighted by Gasteiger charge is 2.37. The molecule has 1 N–H and O–H groups in total. The third kappa shape index (κ3) is 4.34. The Morgan fingerprint density at radius 1 is 1.41 bits per heavy atom. The quantitative estimate of drug-likeness (QED) is 0.592. The van der Waals surface area contributed by atoms with Gasteiger partial charge in [-0.15, -0.1) is 0 Å². The Kier molecular flexibility index (Phi) is 6.48. The number of ether oxygens (including phenoxy) is 1. The zero-order valence-corrected chi connectivity index (χ0v) is 14.8. The second-order valence-electron chi connectivity index (χ2n) is 5.28. The smallest absolute Gasteiger partial charge is 0.418 e. The third-order valence-corrected chi connectivity index (χ3v) is 4.75. The van der Waals surface area contributed by atoms with Crippen molar-refractivity contribution in [2.75, 3.05) is 11.0 Å². The molecule has 1 aliphatic heterocycles. The molecule has 1 aliphatic rings. The van der Waals surface area contributed by atoms with Gasteiger partial charge in [0.25, 0.3) is 0 Å². The number of hydrogen-bond acceptors (Lipinski definition) is 3. The number of halogens is 1. The van der Waals surface area contributed by atoms with Crippen molar-refractivity contribution in [1.29, 1.82) is 0 Å². The fraction of sp³-hybridized carbons (Fsp3) is 0.500. The number of benzene rings is 1. The lowest BCUT2D eigenvalue weighted by Crippen LogP contribution is -2.59. The summed E-state index contributed by atoms with van der Waals surface area (Å²) >= 11 is 2.21. The molecule has 0 saturated carbocycles. The molecule has 0 aromatic heterocycles. The number of nitrogens with one attached hydrogen (secondary N) is 1. The van der Waals surface area contributed by atoms with Crippen molar-refractivity contribution >= 4 is 34.7 Å². The van der Waals surface area contributed by atoms with E-state index in [-0.39, 0.29) is 24.7 Å². The van der Waals surface area contributed by atoms with Gasteiger partial charge >= 0.3 is 12.1 Å². The molecule has 2 rings (SSSR count). The van der Waals surface area contributed by atoms with Crippen LogP contribution >= 0.6 is 22.6 Å². The summed E-state index contributed by atoms with van der Waals surface area (Å²) in [5.41, 5.74) is 1.26. The monoisotopic (exact) mass is 416 g/mol. The molecule has 0 radical (unpaired) electrons. The third-order valence-electron chi connectivity index (χ3n) is 3.74. The summed E-state index contributed by atoms with van der Waals surface area (Å²) in [5, 5.41) is 2.92. The van der Waals surface area contributed by atoms with Gasteiger partial charge in [0.1, 0.15) is 0 Å². The minimum absolute atomic E-state index is 0.0955. The minimum Gasteiger partial charge on any atom is -0.449 e. The summed E-state index contributed by atoms with van der Waals surface area (Å²) in [4.78, 5) is 25.3. The molecule has 0 bridgehead atoms. The molecule has 0 unspecified atom stereocenters. The summed E-state index contributed by atoms with van der Waals surface area (Å²) in [7, 11) is 0. The van der Waals surface area contributed by atoms with Gasteiger partial charge in [-0.3, -0.25) is 0 Å². The fourth-order valence-corrected chi connectivity index (χ4v) is 3.39. The lowest BCUT2D eigenvalue weighted by molar-refractivity contribution is 0.0911. The summed E-state index contributed by atoms with van der Waals surface area (Å²) < 4.78 is 5.69. The van der Waals surface area contributed by atoms with Gasteiger partial charge in [0.05, 0.1) is 12.6 Å². The summed E-state index contributed by atoms with van der Waals surface area (Å²) in [6, 6.07) is 9.86. The Bertz CT molecular complexity index is 509. The summed E-state index contributed by atoms with van der Waals surface area (Å²) in [6.45, 7) is 2.01. The maximum absolute atomic E-state index is 12.2. The van der Waals surface area contributed by atoms with Gasteiger partial charge in [-0.1, -0.05) is 52.9 Å². The average molecular weight is 416 g/mol. The standard InChI is InChI=1S/C16H21IN2O3/c1-2-22-16(21)19-14(11-17)10-13(18-15(19)20)9-8-12-6-4-3-5-7-12/h3-7,13-14H,2,8-11H2,1H3,(H,18,20)/t13-,14-/m1/s1. The van der Waals surface area contributed by atoms with Crippen LogP contribution in [0.1, 0.15) is 25.3 Å². The Morgan fingerprint density at radius 3 is 2.77 bits per heavy atom. The van der Waals surface area contributed by atoms with E-state index < -0.39 is 6.09 Å². The molecule has 22 heavy (non-hydrogen) atoms. The van der Waals surface area contributed by atoms with Gasteiger partial charge in [-0.2, -0.15) is 0 Å². The zero-order valence-electron chi connectivity index (χ0n) is 12.6. The van der Waals surface area contributed by atoms with Crippen LogP contribution in [0, 0.1) is 0 Å². The predicted octanol–water partition coefficient (Wildman–Crippen LogP) is 3.36. The van der Waals surface area contributed by atoms with E-state index in [9.17, 15) is 9.59 Å². The zero-order chi connectivity index (χ0) is 15.9. The molecule has 2 atom stereocenters. The first-order valence-electron chi connectivity index (χ1n) is 7.52. The lowest BCUT2D eigenvalue weighted by atomic mass is 9.98. The van der Waals surface area contributed by atoms with Gasteiger partial charge in [0.15, 0.2) is 0 Å². The predicted molar refractivity (Wildman–Crippen MR) is 93.2 cm³/mol. The Morgan fingerprint density at radius 2 is 2.14 bits per heavy atom. The molecule has 0 spiro atoms. The van der Waals surface area contributed by atoms with Crippen molar-refractivity contribution in [3.05, 3.63) is 35.9 Å². The van der Waals surface area contributed by atoms with Crippen molar-refractivity contribution in [1.82, 2.24) is 10.2 Å². The normalized spacial score (nSPS) is 21.4. The number of urea groups is 1. The number of alkyl halides is 1. The average Bonchev–Trinajstić information content (AvgIpc) is 2.53. The highest BCUT2D eigenvalue weighted by atomic mass is 127. The first-order chi connectivity index (χ1) is 10.7. The van der Waals surface area contributed by atoms with Crippen LogP contribution in [0.4, 0.5) is 9.59 Å². The number of hydrogen-bond donors (Lipinski definition) is 1. The molecule has 1 saturated heterocycles. The Hall–Kier alpha value is -1.31.